The number of carbonyl (C=O) groups is 2. The van der Waals surface area contributed by atoms with Crippen LogP contribution >= 0.6 is 0 Å². The summed E-state index contributed by atoms with van der Waals surface area (Å²) in [6.07, 6.45) is 2.45. The molecule has 1 aliphatic rings. The summed E-state index contributed by atoms with van der Waals surface area (Å²) in [5.74, 6) is -0.770. The number of methoxy groups -OCH3 is 1. The minimum atomic E-state index is -0.385. The Balaban J connectivity index is 2.71. The van der Waals surface area contributed by atoms with E-state index in [1.54, 1.807) is 0 Å². The number of nitrogens with zero attached hydrogens (tertiary/aromatic N) is 1. The van der Waals surface area contributed by atoms with Crippen LogP contribution in [0.5, 0.6) is 0 Å². The first-order chi connectivity index (χ1) is 7.54. The van der Waals surface area contributed by atoms with Crippen molar-refractivity contribution in [2.75, 3.05) is 7.11 Å². The van der Waals surface area contributed by atoms with Crippen LogP contribution in [-0.4, -0.2) is 23.2 Å². The number of carbonyl (C=O) groups excluding carboxylic acids is 2. The highest BCUT2D eigenvalue weighted by atomic mass is 16.5. The van der Waals surface area contributed by atoms with Gasteiger partial charge in [-0.25, -0.2) is 0 Å². The van der Waals surface area contributed by atoms with E-state index in [-0.39, 0.29) is 34.0 Å². The zero-order valence-electron chi connectivity index (χ0n) is 8.81. The van der Waals surface area contributed by atoms with Gasteiger partial charge in [-0.2, -0.15) is 0 Å². The fourth-order valence-corrected chi connectivity index (χ4v) is 1.56. The molecule has 0 atom stereocenters. The second-order valence-electron chi connectivity index (χ2n) is 3.46. The predicted molar refractivity (Wildman–Crippen MR) is 55.4 cm³/mol. The lowest BCUT2D eigenvalue weighted by Gasteiger charge is -2.14. The number of rotatable bonds is 1. The monoisotopic (exact) mass is 219 g/mol. The van der Waals surface area contributed by atoms with Crippen LogP contribution in [0.2, 0.25) is 0 Å². The molecule has 0 N–H and O–H groups in total. The molecule has 0 aliphatic heterocycles. The van der Waals surface area contributed by atoms with Crippen molar-refractivity contribution >= 4 is 11.6 Å². The standard InChI is InChI=1S/C11H9NO4/c1-12-5-7-6(3-10(12)14)8(13)4-9(16-2)11(7)15/h3-5H,1-2H3. The van der Waals surface area contributed by atoms with E-state index in [1.165, 1.54) is 31.0 Å². The SMILES string of the molecule is COC1=CC(=O)c2cc(=O)n(C)cc2C1=O. The fourth-order valence-electron chi connectivity index (χ4n) is 1.56. The van der Waals surface area contributed by atoms with Gasteiger partial charge in [0.25, 0.3) is 5.56 Å². The van der Waals surface area contributed by atoms with E-state index in [2.05, 4.69) is 0 Å². The number of ketones is 2. The van der Waals surface area contributed by atoms with Crippen LogP contribution in [0, 0.1) is 0 Å². The Hall–Kier alpha value is -2.17. The number of hydrogen-bond donors (Lipinski definition) is 0. The van der Waals surface area contributed by atoms with Crippen molar-refractivity contribution in [2.24, 2.45) is 7.05 Å². The zero-order chi connectivity index (χ0) is 11.9. The molecule has 0 aromatic carbocycles. The van der Waals surface area contributed by atoms with Gasteiger partial charge >= 0.3 is 0 Å². The van der Waals surface area contributed by atoms with Gasteiger partial charge in [-0.1, -0.05) is 0 Å². The first-order valence-corrected chi connectivity index (χ1v) is 4.60. The molecule has 5 heteroatoms. The topological polar surface area (TPSA) is 65.4 Å². The minimum Gasteiger partial charge on any atom is -0.492 e. The number of Topliss-reactive ketones (excluding diaryl/α,β-unsaturated/α-hetero) is 1. The summed E-state index contributed by atoms with van der Waals surface area (Å²) in [6, 6.07) is 1.17. The van der Waals surface area contributed by atoms with Gasteiger partial charge in [-0.3, -0.25) is 14.4 Å². The second kappa shape index (κ2) is 3.44. The number of hydrogen-bond acceptors (Lipinski definition) is 4. The van der Waals surface area contributed by atoms with Crippen LogP contribution in [0.4, 0.5) is 0 Å². The van der Waals surface area contributed by atoms with Crippen molar-refractivity contribution in [3.8, 4) is 0 Å². The highest BCUT2D eigenvalue weighted by molar-refractivity contribution is 6.23. The first kappa shape index (κ1) is 10.4. The summed E-state index contributed by atoms with van der Waals surface area (Å²) in [6.45, 7) is 0. The third kappa shape index (κ3) is 1.37. The molecule has 0 fully saturated rings. The Morgan fingerprint density at radius 3 is 2.50 bits per heavy atom. The second-order valence-corrected chi connectivity index (χ2v) is 3.46. The molecule has 0 bridgehead atoms. The van der Waals surface area contributed by atoms with Gasteiger partial charge in [0.15, 0.2) is 11.5 Å². The number of ether oxygens (including phenoxy) is 1. The van der Waals surface area contributed by atoms with Crippen LogP contribution in [0.3, 0.4) is 0 Å². The van der Waals surface area contributed by atoms with Crippen LogP contribution in [0.1, 0.15) is 20.7 Å². The van der Waals surface area contributed by atoms with E-state index in [4.69, 9.17) is 4.74 Å². The summed E-state index contributed by atoms with van der Waals surface area (Å²) in [7, 11) is 2.84. The van der Waals surface area contributed by atoms with Crippen molar-refractivity contribution in [3.63, 3.8) is 0 Å². The maximum Gasteiger partial charge on any atom is 0.251 e. The molecule has 5 nitrogen and oxygen atoms in total. The van der Waals surface area contributed by atoms with E-state index in [1.807, 2.05) is 0 Å². The predicted octanol–water partition coefficient (Wildman–Crippen LogP) is 0.295. The molecule has 16 heavy (non-hydrogen) atoms. The molecule has 82 valence electrons. The van der Waals surface area contributed by atoms with E-state index < -0.39 is 0 Å². The van der Waals surface area contributed by atoms with E-state index in [9.17, 15) is 14.4 Å². The molecule has 0 spiro atoms. The molecule has 0 saturated carbocycles. The maximum atomic E-state index is 11.8. The van der Waals surface area contributed by atoms with Crippen molar-refractivity contribution in [2.45, 2.75) is 0 Å². The minimum absolute atomic E-state index is 0.00357. The molecule has 1 aromatic heterocycles. The van der Waals surface area contributed by atoms with Crippen molar-refractivity contribution in [1.82, 2.24) is 4.57 Å². The average molecular weight is 219 g/mol. The molecule has 0 radical (unpaired) electrons. The van der Waals surface area contributed by atoms with E-state index in [0.29, 0.717) is 0 Å². The Labute approximate surface area is 91.0 Å². The van der Waals surface area contributed by atoms with Gasteiger partial charge in [0.1, 0.15) is 0 Å². The lowest BCUT2D eigenvalue weighted by atomic mass is 9.95. The summed E-state index contributed by atoms with van der Waals surface area (Å²) in [5.41, 5.74) is 0.00881. The number of fused-ring (bicyclic) bond motifs is 1. The Bertz CT molecular complexity index is 580. The van der Waals surface area contributed by atoms with Gasteiger partial charge in [-0.15, -0.1) is 0 Å². The molecule has 2 rings (SSSR count). The highest BCUT2D eigenvalue weighted by Gasteiger charge is 2.27. The molecular weight excluding hydrogens is 210 g/mol. The molecule has 1 heterocycles. The molecule has 0 unspecified atom stereocenters. The average Bonchev–Trinajstić information content (AvgIpc) is 2.26. The zero-order valence-corrected chi connectivity index (χ0v) is 8.81. The number of pyridine rings is 1. The maximum absolute atomic E-state index is 11.8. The lowest BCUT2D eigenvalue weighted by Crippen LogP contribution is -2.25. The normalized spacial score (nSPS) is 14.5. The van der Waals surface area contributed by atoms with Gasteiger partial charge in [-0.05, 0) is 0 Å². The Kier molecular flexibility index (Phi) is 2.23. The van der Waals surface area contributed by atoms with Gasteiger partial charge in [0.2, 0.25) is 5.78 Å². The molecule has 1 aromatic rings. The molecular formula is C11H9NO4. The van der Waals surface area contributed by atoms with Crippen molar-refractivity contribution in [1.29, 1.82) is 0 Å². The van der Waals surface area contributed by atoms with Crippen molar-refractivity contribution < 1.29 is 14.3 Å². The molecule has 1 aliphatic carbocycles. The van der Waals surface area contributed by atoms with Gasteiger partial charge < -0.3 is 9.30 Å². The largest absolute Gasteiger partial charge is 0.492 e. The van der Waals surface area contributed by atoms with E-state index in [0.717, 1.165) is 6.08 Å². The van der Waals surface area contributed by atoms with E-state index >= 15 is 0 Å². The third-order valence-corrected chi connectivity index (χ3v) is 2.44. The smallest absolute Gasteiger partial charge is 0.251 e. The van der Waals surface area contributed by atoms with Crippen LogP contribution in [0.15, 0.2) is 28.9 Å². The summed E-state index contributed by atoms with van der Waals surface area (Å²) in [4.78, 5) is 34.7. The summed E-state index contributed by atoms with van der Waals surface area (Å²) >= 11 is 0. The third-order valence-electron chi connectivity index (χ3n) is 2.44. The first-order valence-electron chi connectivity index (χ1n) is 4.60. The van der Waals surface area contributed by atoms with Crippen LogP contribution in [-0.2, 0) is 11.8 Å². The highest BCUT2D eigenvalue weighted by Crippen LogP contribution is 2.19. The van der Waals surface area contributed by atoms with Gasteiger partial charge in [0.05, 0.1) is 12.7 Å². The molecule has 0 saturated heterocycles. The lowest BCUT2D eigenvalue weighted by molar-refractivity contribution is 0.0915. The van der Waals surface area contributed by atoms with Crippen LogP contribution < -0.4 is 5.56 Å². The summed E-state index contributed by atoms with van der Waals surface area (Å²) < 4.78 is 6.06. The van der Waals surface area contributed by atoms with Gasteiger partial charge in [0, 0.05) is 31.0 Å². The Morgan fingerprint density at radius 2 is 1.88 bits per heavy atom. The number of aryl methyl sites for hydroxylation is 1. The quantitative estimate of drug-likeness (QED) is 0.681. The number of allylic oxidation sites excluding steroid dienone is 2. The fraction of sp³-hybridized carbons (Fsp3) is 0.182. The van der Waals surface area contributed by atoms with Crippen LogP contribution in [0.25, 0.3) is 0 Å². The summed E-state index contributed by atoms with van der Waals surface area (Å²) in [5, 5.41) is 0. The number of aromatic nitrogens is 1. The van der Waals surface area contributed by atoms with Crippen molar-refractivity contribution in [3.05, 3.63) is 45.6 Å². The molecule has 0 amide bonds. The Morgan fingerprint density at radius 1 is 1.19 bits per heavy atom.